The number of aromatic nitrogens is 1. The topological polar surface area (TPSA) is 16.1 Å². The van der Waals surface area contributed by atoms with Crippen LogP contribution in [0.3, 0.4) is 0 Å². The molecular formula is C11H15ClN2. The molecule has 0 aromatic carbocycles. The molecule has 0 radical (unpaired) electrons. The molecule has 2 rings (SSSR count). The highest BCUT2D eigenvalue weighted by molar-refractivity contribution is 6.17. The summed E-state index contributed by atoms with van der Waals surface area (Å²) < 4.78 is 0. The number of nitrogens with zero attached hydrogens (tertiary/aromatic N) is 2. The number of hydrogen-bond donors (Lipinski definition) is 0. The first kappa shape index (κ1) is 9.78. The SMILES string of the molecule is CN(CC1CC1)c1cc(CCl)ccn1. The van der Waals surface area contributed by atoms with Gasteiger partial charge in [-0.05, 0) is 36.5 Å². The van der Waals surface area contributed by atoms with Crippen LogP contribution in [-0.4, -0.2) is 18.6 Å². The fourth-order valence-electron chi connectivity index (χ4n) is 1.53. The summed E-state index contributed by atoms with van der Waals surface area (Å²) in [7, 11) is 2.10. The Bertz CT molecular complexity index is 310. The zero-order chi connectivity index (χ0) is 9.97. The van der Waals surface area contributed by atoms with E-state index in [0.717, 1.165) is 23.8 Å². The van der Waals surface area contributed by atoms with Gasteiger partial charge in [-0.3, -0.25) is 0 Å². The van der Waals surface area contributed by atoms with Crippen molar-refractivity contribution < 1.29 is 0 Å². The minimum absolute atomic E-state index is 0.562. The number of anilines is 1. The molecule has 0 atom stereocenters. The Morgan fingerprint density at radius 1 is 1.57 bits per heavy atom. The van der Waals surface area contributed by atoms with Gasteiger partial charge in [0.2, 0.25) is 0 Å². The van der Waals surface area contributed by atoms with Crippen molar-refractivity contribution in [2.45, 2.75) is 18.7 Å². The number of pyridine rings is 1. The van der Waals surface area contributed by atoms with Crippen molar-refractivity contribution in [3.05, 3.63) is 23.9 Å². The van der Waals surface area contributed by atoms with Gasteiger partial charge >= 0.3 is 0 Å². The smallest absolute Gasteiger partial charge is 0.128 e. The minimum atomic E-state index is 0.562. The van der Waals surface area contributed by atoms with Gasteiger partial charge in [-0.1, -0.05) is 0 Å². The maximum absolute atomic E-state index is 5.78. The summed E-state index contributed by atoms with van der Waals surface area (Å²) in [6, 6.07) is 4.02. The summed E-state index contributed by atoms with van der Waals surface area (Å²) in [6.07, 6.45) is 4.58. The van der Waals surface area contributed by atoms with Crippen LogP contribution in [0.1, 0.15) is 18.4 Å². The number of alkyl halides is 1. The average molecular weight is 211 g/mol. The molecule has 3 heteroatoms. The lowest BCUT2D eigenvalue weighted by atomic mass is 10.3. The van der Waals surface area contributed by atoms with E-state index in [1.54, 1.807) is 0 Å². The summed E-state index contributed by atoms with van der Waals surface area (Å²) in [5.74, 6) is 2.49. The molecule has 1 saturated carbocycles. The first-order chi connectivity index (χ1) is 6.79. The predicted molar refractivity (Wildman–Crippen MR) is 59.8 cm³/mol. The molecule has 2 nitrogen and oxygen atoms in total. The molecule has 1 aromatic rings. The Hall–Kier alpha value is -0.760. The number of rotatable bonds is 4. The molecule has 1 fully saturated rings. The van der Waals surface area contributed by atoms with E-state index in [2.05, 4.69) is 23.0 Å². The van der Waals surface area contributed by atoms with E-state index >= 15 is 0 Å². The van der Waals surface area contributed by atoms with Crippen molar-refractivity contribution in [2.75, 3.05) is 18.5 Å². The van der Waals surface area contributed by atoms with E-state index in [1.807, 2.05) is 12.3 Å². The second kappa shape index (κ2) is 4.18. The van der Waals surface area contributed by atoms with E-state index in [9.17, 15) is 0 Å². The summed E-state index contributed by atoms with van der Waals surface area (Å²) in [5.41, 5.74) is 1.14. The molecule has 0 unspecified atom stereocenters. The third-order valence-corrected chi connectivity index (χ3v) is 2.89. The Morgan fingerprint density at radius 2 is 2.36 bits per heavy atom. The van der Waals surface area contributed by atoms with Crippen molar-refractivity contribution in [1.29, 1.82) is 0 Å². The van der Waals surface area contributed by atoms with Crippen LogP contribution >= 0.6 is 11.6 Å². The number of halogens is 1. The van der Waals surface area contributed by atoms with E-state index in [1.165, 1.54) is 12.8 Å². The Kier molecular flexibility index (Phi) is 2.92. The second-order valence-electron chi connectivity index (χ2n) is 3.98. The molecule has 1 aliphatic carbocycles. The molecule has 14 heavy (non-hydrogen) atoms. The molecule has 1 aliphatic rings. The summed E-state index contributed by atoms with van der Waals surface area (Å²) in [5, 5.41) is 0. The molecule has 1 aromatic heterocycles. The van der Waals surface area contributed by atoms with Gasteiger partial charge in [0.15, 0.2) is 0 Å². The van der Waals surface area contributed by atoms with Gasteiger partial charge in [0.1, 0.15) is 5.82 Å². The van der Waals surface area contributed by atoms with E-state index < -0.39 is 0 Å². The van der Waals surface area contributed by atoms with Crippen molar-refractivity contribution in [2.24, 2.45) is 5.92 Å². The normalized spacial score (nSPS) is 15.6. The van der Waals surface area contributed by atoms with Crippen LogP contribution in [-0.2, 0) is 5.88 Å². The van der Waals surface area contributed by atoms with Crippen molar-refractivity contribution in [3.63, 3.8) is 0 Å². The quantitative estimate of drug-likeness (QED) is 0.711. The Labute approximate surface area is 89.9 Å². The molecule has 76 valence electrons. The lowest BCUT2D eigenvalue weighted by Crippen LogP contribution is -2.21. The van der Waals surface area contributed by atoms with Gasteiger partial charge < -0.3 is 4.90 Å². The fourth-order valence-corrected chi connectivity index (χ4v) is 1.70. The minimum Gasteiger partial charge on any atom is -0.359 e. The summed E-state index contributed by atoms with van der Waals surface area (Å²) in [6.45, 7) is 1.12. The zero-order valence-electron chi connectivity index (χ0n) is 8.41. The van der Waals surface area contributed by atoms with Crippen LogP contribution in [0.25, 0.3) is 0 Å². The van der Waals surface area contributed by atoms with Gasteiger partial charge in [0, 0.05) is 25.7 Å². The molecule has 0 N–H and O–H groups in total. The van der Waals surface area contributed by atoms with E-state index in [-0.39, 0.29) is 0 Å². The maximum Gasteiger partial charge on any atom is 0.128 e. The molecular weight excluding hydrogens is 196 g/mol. The molecule has 0 saturated heterocycles. The maximum atomic E-state index is 5.78. The van der Waals surface area contributed by atoms with Gasteiger partial charge in [0.05, 0.1) is 0 Å². The summed E-state index contributed by atoms with van der Waals surface area (Å²) in [4.78, 5) is 6.55. The summed E-state index contributed by atoms with van der Waals surface area (Å²) >= 11 is 5.78. The van der Waals surface area contributed by atoms with Gasteiger partial charge in [0.25, 0.3) is 0 Å². The third-order valence-electron chi connectivity index (χ3n) is 2.58. The van der Waals surface area contributed by atoms with Crippen molar-refractivity contribution in [1.82, 2.24) is 4.98 Å². The lowest BCUT2D eigenvalue weighted by molar-refractivity contribution is 0.777. The van der Waals surface area contributed by atoms with Gasteiger partial charge in [-0.2, -0.15) is 0 Å². The largest absolute Gasteiger partial charge is 0.359 e. The number of hydrogen-bond acceptors (Lipinski definition) is 2. The lowest BCUT2D eigenvalue weighted by Gasteiger charge is -2.17. The predicted octanol–water partition coefficient (Wildman–Crippen LogP) is 2.67. The van der Waals surface area contributed by atoms with Crippen LogP contribution < -0.4 is 4.90 Å². The van der Waals surface area contributed by atoms with E-state index in [4.69, 9.17) is 11.6 Å². The first-order valence-electron chi connectivity index (χ1n) is 5.01. The van der Waals surface area contributed by atoms with Crippen molar-refractivity contribution >= 4 is 17.4 Å². The van der Waals surface area contributed by atoms with Crippen molar-refractivity contribution in [3.8, 4) is 0 Å². The second-order valence-corrected chi connectivity index (χ2v) is 4.25. The van der Waals surface area contributed by atoms with Crippen LogP contribution in [0.5, 0.6) is 0 Å². The van der Waals surface area contributed by atoms with Crippen LogP contribution in [0, 0.1) is 5.92 Å². The van der Waals surface area contributed by atoms with Gasteiger partial charge in [-0.15, -0.1) is 11.6 Å². The highest BCUT2D eigenvalue weighted by Gasteiger charge is 2.23. The highest BCUT2D eigenvalue weighted by Crippen LogP contribution is 2.30. The molecule has 0 aliphatic heterocycles. The van der Waals surface area contributed by atoms with E-state index in [0.29, 0.717) is 5.88 Å². The zero-order valence-corrected chi connectivity index (χ0v) is 9.17. The molecule has 1 heterocycles. The Morgan fingerprint density at radius 3 is 3.00 bits per heavy atom. The first-order valence-corrected chi connectivity index (χ1v) is 5.55. The van der Waals surface area contributed by atoms with Gasteiger partial charge in [-0.25, -0.2) is 4.98 Å². The fraction of sp³-hybridized carbons (Fsp3) is 0.545. The van der Waals surface area contributed by atoms with Crippen LogP contribution in [0.4, 0.5) is 5.82 Å². The molecule has 0 spiro atoms. The third kappa shape index (κ3) is 2.38. The molecule has 0 amide bonds. The standard InChI is InChI=1S/C11H15ClN2/c1-14(8-9-2-3-9)11-6-10(7-12)4-5-13-11/h4-6,9H,2-3,7-8H2,1H3. The van der Waals surface area contributed by atoms with Crippen LogP contribution in [0.15, 0.2) is 18.3 Å². The average Bonchev–Trinajstić information content (AvgIpc) is 3.02. The Balaban J connectivity index is 2.05. The highest BCUT2D eigenvalue weighted by atomic mass is 35.5. The van der Waals surface area contributed by atoms with Crippen LogP contribution in [0.2, 0.25) is 0 Å². The molecule has 0 bridgehead atoms. The monoisotopic (exact) mass is 210 g/mol.